The van der Waals surface area contributed by atoms with Crippen molar-refractivity contribution in [2.24, 2.45) is 0 Å². The Morgan fingerprint density at radius 3 is 2.50 bits per heavy atom. The average molecular weight is 404 g/mol. The molecular weight excluding hydrogens is 374 g/mol. The number of aliphatic hydroxyl groups is 1. The minimum atomic E-state index is -0.213. The molecule has 0 radical (unpaired) electrons. The number of nitrogens with zero attached hydrogens (tertiary/aromatic N) is 3. The van der Waals surface area contributed by atoms with Gasteiger partial charge in [-0.2, -0.15) is 11.3 Å². The number of rotatable bonds is 8. The van der Waals surface area contributed by atoms with Crippen LogP contribution in [0.3, 0.4) is 0 Å². The van der Waals surface area contributed by atoms with Crippen molar-refractivity contribution in [2.75, 3.05) is 53.5 Å². The number of methoxy groups -OCH3 is 1. The number of benzene rings is 1. The predicted octanol–water partition coefficient (Wildman–Crippen LogP) is 2.07. The van der Waals surface area contributed by atoms with Crippen molar-refractivity contribution in [3.05, 3.63) is 52.2 Å². The highest BCUT2D eigenvalue weighted by atomic mass is 32.1. The number of hydrogen-bond donors (Lipinski definition) is 1. The maximum absolute atomic E-state index is 12.8. The molecule has 0 aliphatic carbocycles. The summed E-state index contributed by atoms with van der Waals surface area (Å²) in [6.45, 7) is 4.51. The number of likely N-dealkylation sites (N-methyl/N-ethyl adjacent to an activating group) is 1. The van der Waals surface area contributed by atoms with Crippen molar-refractivity contribution in [1.82, 2.24) is 14.7 Å². The van der Waals surface area contributed by atoms with E-state index in [0.29, 0.717) is 6.54 Å². The molecule has 3 rings (SSSR count). The summed E-state index contributed by atoms with van der Waals surface area (Å²) >= 11 is 1.72. The van der Waals surface area contributed by atoms with E-state index < -0.39 is 0 Å². The first-order valence-electron chi connectivity index (χ1n) is 9.57. The van der Waals surface area contributed by atoms with Gasteiger partial charge in [-0.05, 0) is 47.1 Å². The summed E-state index contributed by atoms with van der Waals surface area (Å²) in [6, 6.07) is 9.56. The zero-order valence-electron chi connectivity index (χ0n) is 16.6. The van der Waals surface area contributed by atoms with E-state index in [1.165, 1.54) is 5.56 Å². The Morgan fingerprint density at radius 1 is 1.21 bits per heavy atom. The lowest BCUT2D eigenvalue weighted by molar-refractivity contribution is -0.134. The largest absolute Gasteiger partial charge is 0.497 e. The van der Waals surface area contributed by atoms with Crippen molar-refractivity contribution < 1.29 is 14.6 Å². The highest BCUT2D eigenvalue weighted by Gasteiger charge is 2.25. The maximum Gasteiger partial charge on any atom is 0.236 e. The van der Waals surface area contributed by atoms with Gasteiger partial charge in [-0.1, -0.05) is 12.1 Å². The molecule has 6 nitrogen and oxygen atoms in total. The first-order chi connectivity index (χ1) is 13.6. The topological polar surface area (TPSA) is 56.3 Å². The molecule has 28 heavy (non-hydrogen) atoms. The van der Waals surface area contributed by atoms with E-state index in [9.17, 15) is 9.90 Å². The van der Waals surface area contributed by atoms with Gasteiger partial charge in [0.1, 0.15) is 5.75 Å². The van der Waals surface area contributed by atoms with Crippen LogP contribution in [0.1, 0.15) is 17.2 Å². The average Bonchev–Trinajstić information content (AvgIpc) is 3.22. The normalized spacial score (nSPS) is 16.4. The molecule has 1 N–H and O–H groups in total. The summed E-state index contributed by atoms with van der Waals surface area (Å²) in [5.41, 5.74) is 2.31. The monoisotopic (exact) mass is 403 g/mol. The van der Waals surface area contributed by atoms with Crippen LogP contribution in [0.2, 0.25) is 0 Å². The first kappa shape index (κ1) is 20.8. The van der Waals surface area contributed by atoms with Crippen LogP contribution in [0, 0.1) is 0 Å². The summed E-state index contributed by atoms with van der Waals surface area (Å²) in [5, 5.41) is 14.1. The summed E-state index contributed by atoms with van der Waals surface area (Å²) in [7, 11) is 3.51. The van der Waals surface area contributed by atoms with Crippen LogP contribution in [0.5, 0.6) is 5.75 Å². The molecule has 0 bridgehead atoms. The highest BCUT2D eigenvalue weighted by Crippen LogP contribution is 2.22. The number of carbonyl (C=O) groups is 1. The van der Waals surface area contributed by atoms with E-state index in [0.717, 1.165) is 44.0 Å². The van der Waals surface area contributed by atoms with Crippen LogP contribution >= 0.6 is 11.3 Å². The van der Waals surface area contributed by atoms with Gasteiger partial charge in [0.25, 0.3) is 0 Å². The van der Waals surface area contributed by atoms with Gasteiger partial charge in [-0.25, -0.2) is 0 Å². The number of carbonyl (C=O) groups excluding carboxylic acids is 1. The number of piperazine rings is 1. The minimum absolute atomic E-state index is 0.0372. The number of amides is 1. The Balaban J connectivity index is 1.50. The van der Waals surface area contributed by atoms with E-state index >= 15 is 0 Å². The molecule has 1 amide bonds. The fourth-order valence-electron chi connectivity index (χ4n) is 3.55. The maximum atomic E-state index is 12.8. The van der Waals surface area contributed by atoms with Gasteiger partial charge in [0, 0.05) is 32.7 Å². The zero-order chi connectivity index (χ0) is 19.9. The Bertz CT molecular complexity index is 728. The van der Waals surface area contributed by atoms with Crippen LogP contribution in [0.25, 0.3) is 0 Å². The molecule has 1 aliphatic heterocycles. The molecule has 152 valence electrons. The summed E-state index contributed by atoms with van der Waals surface area (Å²) in [4.78, 5) is 19.0. The van der Waals surface area contributed by atoms with Gasteiger partial charge in [0.2, 0.25) is 5.91 Å². The van der Waals surface area contributed by atoms with E-state index in [2.05, 4.69) is 21.7 Å². The molecule has 2 heterocycles. The standard InChI is InChI=1S/C21H29N3O3S/c1-22(20(15-25)18-3-5-19(27-2)6-4-18)14-21(26)24-10-8-23(9-11-24)13-17-7-12-28-16-17/h3-7,12,16,20,25H,8-11,13-15H2,1-2H3. The number of thiophene rings is 1. The molecule has 1 fully saturated rings. The van der Waals surface area contributed by atoms with Crippen molar-refractivity contribution >= 4 is 17.2 Å². The Kier molecular flexibility index (Phi) is 7.44. The molecule has 7 heteroatoms. The molecule has 1 aromatic heterocycles. The fourth-order valence-corrected chi connectivity index (χ4v) is 4.20. The van der Waals surface area contributed by atoms with Crippen LogP contribution in [0.15, 0.2) is 41.1 Å². The number of hydrogen-bond acceptors (Lipinski definition) is 6. The Labute approximate surface area is 170 Å². The third-order valence-electron chi connectivity index (χ3n) is 5.30. The molecule has 1 aliphatic rings. The molecule has 1 unspecified atom stereocenters. The van der Waals surface area contributed by atoms with Crippen LogP contribution in [0.4, 0.5) is 0 Å². The van der Waals surface area contributed by atoms with E-state index in [1.54, 1.807) is 18.4 Å². The number of aliphatic hydroxyl groups excluding tert-OH is 1. The minimum Gasteiger partial charge on any atom is -0.497 e. The second-order valence-corrected chi connectivity index (χ2v) is 7.96. The van der Waals surface area contributed by atoms with Gasteiger partial charge in [-0.3, -0.25) is 14.6 Å². The smallest absolute Gasteiger partial charge is 0.236 e. The lowest BCUT2D eigenvalue weighted by Crippen LogP contribution is -2.50. The molecule has 0 spiro atoms. The molecular formula is C21H29N3O3S. The summed E-state index contributed by atoms with van der Waals surface area (Å²) < 4.78 is 5.19. The molecule has 1 aromatic carbocycles. The van der Waals surface area contributed by atoms with Crippen molar-refractivity contribution in [2.45, 2.75) is 12.6 Å². The van der Waals surface area contributed by atoms with Crippen LogP contribution < -0.4 is 4.74 Å². The fraction of sp³-hybridized carbons (Fsp3) is 0.476. The Hall–Kier alpha value is -1.93. The van der Waals surface area contributed by atoms with Gasteiger partial charge < -0.3 is 14.7 Å². The van der Waals surface area contributed by atoms with Gasteiger partial charge in [0.05, 0.1) is 26.3 Å². The summed E-state index contributed by atoms with van der Waals surface area (Å²) in [6.07, 6.45) is 0. The van der Waals surface area contributed by atoms with E-state index in [4.69, 9.17) is 4.74 Å². The second kappa shape index (κ2) is 10.0. The molecule has 0 saturated carbocycles. The van der Waals surface area contributed by atoms with Gasteiger partial charge in [0.15, 0.2) is 0 Å². The SMILES string of the molecule is COc1ccc(C(CO)N(C)CC(=O)N2CCN(Cc3ccsc3)CC2)cc1. The predicted molar refractivity (Wildman–Crippen MR) is 112 cm³/mol. The number of ether oxygens (including phenoxy) is 1. The van der Waals surface area contributed by atoms with Crippen molar-refractivity contribution in [1.29, 1.82) is 0 Å². The molecule has 2 aromatic rings. The lowest BCUT2D eigenvalue weighted by Gasteiger charge is -2.36. The van der Waals surface area contributed by atoms with Crippen molar-refractivity contribution in [3.63, 3.8) is 0 Å². The first-order valence-corrected chi connectivity index (χ1v) is 10.5. The second-order valence-electron chi connectivity index (χ2n) is 7.18. The van der Waals surface area contributed by atoms with E-state index in [1.807, 2.05) is 41.1 Å². The van der Waals surface area contributed by atoms with Crippen molar-refractivity contribution in [3.8, 4) is 5.75 Å². The van der Waals surface area contributed by atoms with Gasteiger partial charge >= 0.3 is 0 Å². The van der Waals surface area contributed by atoms with Gasteiger partial charge in [-0.15, -0.1) is 0 Å². The third kappa shape index (κ3) is 5.32. The lowest BCUT2D eigenvalue weighted by atomic mass is 10.1. The van der Waals surface area contributed by atoms with Crippen LogP contribution in [-0.4, -0.2) is 79.2 Å². The van der Waals surface area contributed by atoms with E-state index in [-0.39, 0.29) is 18.6 Å². The summed E-state index contributed by atoms with van der Waals surface area (Å²) in [5.74, 6) is 0.893. The third-order valence-corrected chi connectivity index (χ3v) is 6.03. The zero-order valence-corrected chi connectivity index (χ0v) is 17.4. The highest BCUT2D eigenvalue weighted by molar-refractivity contribution is 7.07. The van der Waals surface area contributed by atoms with Crippen LogP contribution in [-0.2, 0) is 11.3 Å². The quantitative estimate of drug-likeness (QED) is 0.731. The molecule has 1 saturated heterocycles. The Morgan fingerprint density at radius 2 is 1.93 bits per heavy atom. The molecule has 1 atom stereocenters.